The van der Waals surface area contributed by atoms with Crippen molar-refractivity contribution in [3.8, 4) is 0 Å². The summed E-state index contributed by atoms with van der Waals surface area (Å²) in [5.74, 6) is 2.72. The number of rotatable bonds is 10. The minimum atomic E-state index is -3.35. The molecule has 3 fully saturated rings. The van der Waals surface area contributed by atoms with E-state index in [0.717, 1.165) is 88.3 Å². The van der Waals surface area contributed by atoms with E-state index >= 15 is 0 Å². The predicted molar refractivity (Wildman–Crippen MR) is 175 cm³/mol. The number of fused-ring (bicyclic) bond motifs is 1. The Bertz CT molecular complexity index is 1570. The Morgan fingerprint density at radius 1 is 0.978 bits per heavy atom. The third-order valence-electron chi connectivity index (χ3n) is 9.98. The highest BCUT2D eigenvalue weighted by atomic mass is 32.2. The zero-order chi connectivity index (χ0) is 31.6. The zero-order valence-electron chi connectivity index (χ0n) is 26.8. The van der Waals surface area contributed by atoms with Crippen LogP contribution in [0.2, 0.25) is 0 Å². The Morgan fingerprint density at radius 2 is 1.69 bits per heavy atom. The van der Waals surface area contributed by atoms with E-state index in [2.05, 4.69) is 25.8 Å². The summed E-state index contributed by atoms with van der Waals surface area (Å²) < 4.78 is 29.7. The number of hydrogen-bond donors (Lipinski definition) is 1. The summed E-state index contributed by atoms with van der Waals surface area (Å²) in [5.41, 5.74) is 2.73. The second-order valence-electron chi connectivity index (χ2n) is 13.6. The second kappa shape index (κ2) is 13.7. The second-order valence-corrected chi connectivity index (χ2v) is 15.2. The van der Waals surface area contributed by atoms with E-state index in [4.69, 9.17) is 14.2 Å². The quantitative estimate of drug-likeness (QED) is 0.293. The maximum absolute atomic E-state index is 13.0. The fourth-order valence-corrected chi connectivity index (χ4v) is 7.88. The van der Waals surface area contributed by atoms with Crippen LogP contribution in [0.4, 0.5) is 11.8 Å². The molecule has 1 amide bonds. The number of carbonyl (C=O) groups excluding carboxylic acids is 1. The lowest BCUT2D eigenvalue weighted by atomic mass is 9.81. The van der Waals surface area contributed by atoms with Crippen molar-refractivity contribution >= 4 is 38.8 Å². The summed E-state index contributed by atoms with van der Waals surface area (Å²) in [5, 5.41) is 4.16. The van der Waals surface area contributed by atoms with Crippen LogP contribution < -0.4 is 5.32 Å². The molecule has 12 heteroatoms. The van der Waals surface area contributed by atoms with Crippen molar-refractivity contribution in [2.75, 3.05) is 51.9 Å². The number of anilines is 2. The number of piperidine rings is 1. The van der Waals surface area contributed by atoms with Gasteiger partial charge in [-0.1, -0.05) is 18.9 Å². The average Bonchev–Trinajstić information content (AvgIpc) is 3.69. The summed E-state index contributed by atoms with van der Waals surface area (Å²) in [6.07, 6.45) is 16.0. The first-order valence-corrected chi connectivity index (χ1v) is 18.3. The molecule has 0 spiro atoms. The highest BCUT2D eigenvalue weighted by Crippen LogP contribution is 2.36. The fraction of sp³-hybridized carbons (Fsp3) is 0.636. The van der Waals surface area contributed by atoms with Gasteiger partial charge in [0.1, 0.15) is 17.2 Å². The lowest BCUT2D eigenvalue weighted by Gasteiger charge is -2.36. The molecule has 1 N–H and O–H groups in total. The van der Waals surface area contributed by atoms with Gasteiger partial charge in [0.15, 0.2) is 0 Å². The molecule has 45 heavy (non-hydrogen) atoms. The first-order chi connectivity index (χ1) is 21.6. The predicted octanol–water partition coefficient (Wildman–Crippen LogP) is 5.35. The smallest absolute Gasteiger partial charge is 0.270 e. The van der Waals surface area contributed by atoms with E-state index in [-0.39, 0.29) is 11.9 Å². The van der Waals surface area contributed by atoms with Gasteiger partial charge in [-0.05, 0) is 99.9 Å². The number of carbonyl (C=O) groups is 1. The van der Waals surface area contributed by atoms with Crippen LogP contribution in [0.1, 0.15) is 92.2 Å². The minimum Gasteiger partial charge on any atom is -0.343 e. The third-order valence-corrected chi connectivity index (χ3v) is 10.5. The van der Waals surface area contributed by atoms with E-state index < -0.39 is 10.1 Å². The third kappa shape index (κ3) is 7.84. The van der Waals surface area contributed by atoms with Crippen LogP contribution in [-0.2, 0) is 14.3 Å². The number of aromatic nitrogens is 4. The molecule has 3 aromatic heterocycles. The minimum absolute atomic E-state index is 0.0147. The van der Waals surface area contributed by atoms with Crippen molar-refractivity contribution < 1.29 is 17.4 Å². The van der Waals surface area contributed by atoms with Crippen molar-refractivity contribution in [2.45, 2.75) is 76.2 Å². The molecule has 1 aliphatic heterocycles. The number of amides is 1. The molecule has 6 rings (SSSR count). The molecule has 1 saturated heterocycles. The molecule has 4 heterocycles. The van der Waals surface area contributed by atoms with Crippen molar-refractivity contribution in [3.05, 3.63) is 41.9 Å². The molecule has 2 aliphatic carbocycles. The molecular weight excluding hydrogens is 590 g/mol. The van der Waals surface area contributed by atoms with Crippen LogP contribution >= 0.6 is 0 Å². The number of pyridine rings is 1. The van der Waals surface area contributed by atoms with Crippen LogP contribution in [0.5, 0.6) is 0 Å². The highest BCUT2D eigenvalue weighted by Gasteiger charge is 2.28. The van der Waals surface area contributed by atoms with Crippen molar-refractivity contribution in [1.82, 2.24) is 29.3 Å². The molecule has 3 aliphatic rings. The van der Waals surface area contributed by atoms with E-state index in [9.17, 15) is 13.2 Å². The Labute approximate surface area is 266 Å². The van der Waals surface area contributed by atoms with Gasteiger partial charge < -0.3 is 19.7 Å². The SMILES string of the molecule is CN(C)C(=O)c1cc2cnc(Nc3ccc(C4CCN(CC5CCC(COS(C)(=O)=O)CC5)CC4)cn3)nc2n1C1CCCC1. The Morgan fingerprint density at radius 3 is 2.33 bits per heavy atom. The Hall–Kier alpha value is -3.09. The number of likely N-dealkylation sites (tertiary alicyclic amines) is 1. The average molecular weight is 638 g/mol. The molecule has 0 bridgehead atoms. The molecule has 244 valence electrons. The molecule has 0 unspecified atom stereocenters. The number of nitrogens with one attached hydrogen (secondary N) is 1. The summed E-state index contributed by atoms with van der Waals surface area (Å²) in [6, 6.07) is 6.38. The molecule has 2 saturated carbocycles. The lowest BCUT2D eigenvalue weighted by molar-refractivity contribution is 0.0815. The lowest BCUT2D eigenvalue weighted by Crippen LogP contribution is -2.37. The summed E-state index contributed by atoms with van der Waals surface area (Å²) in [4.78, 5) is 31.3. The topological polar surface area (TPSA) is 123 Å². The van der Waals surface area contributed by atoms with Crippen LogP contribution in [0.3, 0.4) is 0 Å². The van der Waals surface area contributed by atoms with Gasteiger partial charge in [-0.15, -0.1) is 0 Å². The van der Waals surface area contributed by atoms with Crippen molar-refractivity contribution in [1.29, 1.82) is 0 Å². The number of nitrogens with zero attached hydrogens (tertiary/aromatic N) is 6. The molecule has 0 aromatic carbocycles. The number of hydrogen-bond acceptors (Lipinski definition) is 9. The standard InChI is InChI=1S/C33H47N7O4S/c1-38(2)32(41)29-18-27-20-35-33(37-31(27)40(29)28-6-4-5-7-28)36-30-13-12-26(19-34-30)25-14-16-39(17-15-25)21-23-8-10-24(11-9-23)22-44-45(3,42)43/h12-13,18-20,23-25,28H,4-11,14-17,21-22H2,1-3H3,(H,34,35,36,37). The van der Waals surface area contributed by atoms with E-state index in [1.807, 2.05) is 18.3 Å². The molecular formula is C33H47N7O4S. The van der Waals surface area contributed by atoms with Gasteiger partial charge in [-0.3, -0.25) is 8.98 Å². The van der Waals surface area contributed by atoms with Gasteiger partial charge >= 0.3 is 0 Å². The highest BCUT2D eigenvalue weighted by molar-refractivity contribution is 7.85. The van der Waals surface area contributed by atoms with Crippen LogP contribution in [0.25, 0.3) is 11.0 Å². The first kappa shape index (κ1) is 31.9. The van der Waals surface area contributed by atoms with Crippen molar-refractivity contribution in [2.24, 2.45) is 11.8 Å². The van der Waals surface area contributed by atoms with E-state index in [1.54, 1.807) is 25.2 Å². The first-order valence-electron chi connectivity index (χ1n) is 16.5. The monoisotopic (exact) mass is 637 g/mol. The Kier molecular flexibility index (Phi) is 9.72. The molecule has 11 nitrogen and oxygen atoms in total. The summed E-state index contributed by atoms with van der Waals surface area (Å²) >= 11 is 0. The van der Waals surface area contributed by atoms with Crippen LogP contribution in [0.15, 0.2) is 30.6 Å². The maximum Gasteiger partial charge on any atom is 0.270 e. The van der Waals surface area contributed by atoms with E-state index in [0.29, 0.717) is 41.8 Å². The van der Waals surface area contributed by atoms with Gasteiger partial charge in [-0.2, -0.15) is 13.4 Å². The summed E-state index contributed by atoms with van der Waals surface area (Å²) in [6.45, 7) is 3.64. The van der Waals surface area contributed by atoms with E-state index in [1.165, 1.54) is 18.4 Å². The fourth-order valence-electron chi connectivity index (χ4n) is 7.44. The largest absolute Gasteiger partial charge is 0.343 e. The molecule has 0 radical (unpaired) electrons. The van der Waals surface area contributed by atoms with Gasteiger partial charge in [0.05, 0.1) is 12.9 Å². The molecule has 0 atom stereocenters. The van der Waals surface area contributed by atoms with Crippen LogP contribution in [0, 0.1) is 11.8 Å². The Balaban J connectivity index is 1.03. The molecule has 3 aromatic rings. The van der Waals surface area contributed by atoms with Gasteiger partial charge in [0, 0.05) is 44.5 Å². The van der Waals surface area contributed by atoms with Crippen molar-refractivity contribution in [3.63, 3.8) is 0 Å². The van der Waals surface area contributed by atoms with Gasteiger partial charge in [-0.25, -0.2) is 9.97 Å². The van der Waals surface area contributed by atoms with Crippen LogP contribution in [-0.4, -0.2) is 90.2 Å². The zero-order valence-corrected chi connectivity index (χ0v) is 27.6. The normalized spacial score (nSPS) is 22.2. The summed E-state index contributed by atoms with van der Waals surface area (Å²) in [7, 11) is 0.217. The van der Waals surface area contributed by atoms with Gasteiger partial charge in [0.25, 0.3) is 16.0 Å². The maximum atomic E-state index is 13.0. The van der Waals surface area contributed by atoms with Gasteiger partial charge in [0.2, 0.25) is 5.95 Å².